The summed E-state index contributed by atoms with van der Waals surface area (Å²) in [5.41, 5.74) is -1.04. The molecule has 0 saturated heterocycles. The maximum atomic E-state index is 13.8. The fourth-order valence-corrected chi connectivity index (χ4v) is 4.28. The zero-order valence-corrected chi connectivity index (χ0v) is 20.4. The standard InChI is InChI=1S/C30H20O10/c31-16-7-5-15(6-8-16)29-23(25(36)19-10-9-18(33)13-21(19)35)24-27(38)28(39)26(37)22(30(24)40-29)20(34)11-4-14-2-1-3-17(32)12-14/h1-13,31-33,35,37-39H. The molecule has 0 fully saturated rings. The number of carbonyl (C=O) groups excluding carboxylic acids is 2. The summed E-state index contributed by atoms with van der Waals surface area (Å²) in [5, 5.41) is 71.1. The van der Waals surface area contributed by atoms with E-state index in [1.54, 1.807) is 12.1 Å². The number of fused-ring (bicyclic) bond motifs is 1. The molecule has 5 rings (SSSR count). The highest BCUT2D eigenvalue weighted by atomic mass is 16.4. The first-order valence-electron chi connectivity index (χ1n) is 11.7. The number of phenols is 7. The number of hydrogen-bond acceptors (Lipinski definition) is 10. The normalized spacial score (nSPS) is 11.3. The topological polar surface area (TPSA) is 189 Å². The van der Waals surface area contributed by atoms with Gasteiger partial charge in [-0.3, -0.25) is 9.59 Å². The van der Waals surface area contributed by atoms with E-state index in [0.29, 0.717) is 5.56 Å². The summed E-state index contributed by atoms with van der Waals surface area (Å²) >= 11 is 0. The van der Waals surface area contributed by atoms with Gasteiger partial charge in [-0.25, -0.2) is 0 Å². The van der Waals surface area contributed by atoms with Gasteiger partial charge in [0.1, 0.15) is 34.3 Å². The highest BCUT2D eigenvalue weighted by Gasteiger charge is 2.33. The van der Waals surface area contributed by atoms with Crippen LogP contribution in [0.25, 0.3) is 28.4 Å². The number of benzene rings is 4. The van der Waals surface area contributed by atoms with Gasteiger partial charge in [0.2, 0.25) is 11.5 Å². The van der Waals surface area contributed by atoms with E-state index in [1.807, 2.05) is 0 Å². The molecule has 40 heavy (non-hydrogen) atoms. The number of aromatic hydroxyl groups is 7. The van der Waals surface area contributed by atoms with Crippen LogP contribution in [0.3, 0.4) is 0 Å². The molecule has 4 aromatic carbocycles. The van der Waals surface area contributed by atoms with Gasteiger partial charge in [0.15, 0.2) is 22.9 Å². The third kappa shape index (κ3) is 4.39. The molecule has 10 heteroatoms. The molecular weight excluding hydrogens is 520 g/mol. The van der Waals surface area contributed by atoms with Crippen molar-refractivity contribution in [2.75, 3.05) is 0 Å². The van der Waals surface area contributed by atoms with Crippen LogP contribution in [0.4, 0.5) is 0 Å². The Hall–Kier alpha value is -5.90. The Balaban J connectivity index is 1.80. The quantitative estimate of drug-likeness (QED) is 0.0860. The Morgan fingerprint density at radius 3 is 2.02 bits per heavy atom. The van der Waals surface area contributed by atoms with Gasteiger partial charge in [-0.15, -0.1) is 0 Å². The minimum absolute atomic E-state index is 0.0488. The number of furan rings is 1. The molecule has 10 nitrogen and oxygen atoms in total. The van der Waals surface area contributed by atoms with Crippen molar-refractivity contribution in [2.24, 2.45) is 0 Å². The first-order valence-corrected chi connectivity index (χ1v) is 11.7. The summed E-state index contributed by atoms with van der Waals surface area (Å²) < 4.78 is 5.91. The molecule has 7 N–H and O–H groups in total. The highest BCUT2D eigenvalue weighted by molar-refractivity contribution is 6.26. The van der Waals surface area contributed by atoms with Gasteiger partial charge in [0.05, 0.1) is 16.5 Å². The minimum Gasteiger partial charge on any atom is -0.508 e. The maximum absolute atomic E-state index is 13.8. The highest BCUT2D eigenvalue weighted by Crippen LogP contribution is 2.50. The molecule has 0 aliphatic heterocycles. The van der Waals surface area contributed by atoms with E-state index in [0.717, 1.165) is 24.3 Å². The first kappa shape index (κ1) is 25.7. The van der Waals surface area contributed by atoms with Crippen LogP contribution in [0.2, 0.25) is 0 Å². The van der Waals surface area contributed by atoms with Gasteiger partial charge in [-0.05, 0) is 60.2 Å². The average molecular weight is 540 g/mol. The van der Waals surface area contributed by atoms with Crippen LogP contribution in [0.15, 0.2) is 77.2 Å². The summed E-state index contributed by atoms with van der Waals surface area (Å²) in [6, 6.07) is 14.6. The van der Waals surface area contributed by atoms with Gasteiger partial charge in [-0.1, -0.05) is 18.2 Å². The van der Waals surface area contributed by atoms with Gasteiger partial charge in [-0.2, -0.15) is 0 Å². The van der Waals surface area contributed by atoms with Crippen LogP contribution in [0.5, 0.6) is 40.2 Å². The molecule has 200 valence electrons. The van der Waals surface area contributed by atoms with Crippen LogP contribution >= 0.6 is 0 Å². The number of allylic oxidation sites excluding steroid dienone is 1. The Morgan fingerprint density at radius 2 is 1.35 bits per heavy atom. The zero-order valence-electron chi connectivity index (χ0n) is 20.4. The fourth-order valence-electron chi connectivity index (χ4n) is 4.28. The number of phenolic OH excluding ortho intramolecular Hbond substituents is 7. The molecule has 0 amide bonds. The lowest BCUT2D eigenvalue weighted by Crippen LogP contribution is -2.03. The van der Waals surface area contributed by atoms with Crippen LogP contribution in [0.1, 0.15) is 31.8 Å². The molecule has 0 aliphatic carbocycles. The van der Waals surface area contributed by atoms with Crippen LogP contribution in [-0.4, -0.2) is 47.3 Å². The SMILES string of the molecule is O=C(C=Cc1cccc(O)c1)c1c(O)c(O)c(O)c2c(C(=O)c3ccc(O)cc3O)c(-c3ccc(O)cc3)oc12. The number of carbonyl (C=O) groups is 2. The molecule has 1 aromatic heterocycles. The van der Waals surface area contributed by atoms with Crippen molar-refractivity contribution in [2.45, 2.75) is 0 Å². The van der Waals surface area contributed by atoms with Gasteiger partial charge in [0, 0.05) is 11.6 Å². The number of hydrogen-bond donors (Lipinski definition) is 7. The summed E-state index contributed by atoms with van der Waals surface area (Å²) in [4.78, 5) is 27.0. The van der Waals surface area contributed by atoms with E-state index in [2.05, 4.69) is 0 Å². The van der Waals surface area contributed by atoms with Crippen molar-refractivity contribution in [3.8, 4) is 51.6 Å². The molecule has 5 aromatic rings. The van der Waals surface area contributed by atoms with Gasteiger partial charge >= 0.3 is 0 Å². The molecule has 0 unspecified atom stereocenters. The van der Waals surface area contributed by atoms with Crippen molar-refractivity contribution in [3.63, 3.8) is 0 Å². The monoisotopic (exact) mass is 540 g/mol. The van der Waals surface area contributed by atoms with Gasteiger partial charge in [0.25, 0.3) is 0 Å². The van der Waals surface area contributed by atoms with Crippen molar-refractivity contribution in [1.82, 2.24) is 0 Å². The van der Waals surface area contributed by atoms with E-state index in [4.69, 9.17) is 4.42 Å². The van der Waals surface area contributed by atoms with Crippen molar-refractivity contribution in [3.05, 3.63) is 95.1 Å². The lowest BCUT2D eigenvalue weighted by atomic mass is 9.94. The zero-order chi connectivity index (χ0) is 28.7. The second-order valence-corrected chi connectivity index (χ2v) is 8.80. The molecule has 0 atom stereocenters. The van der Waals surface area contributed by atoms with Crippen molar-refractivity contribution >= 4 is 28.6 Å². The molecule has 0 aliphatic rings. The minimum atomic E-state index is -1.09. The molecule has 0 radical (unpaired) electrons. The summed E-state index contributed by atoms with van der Waals surface area (Å²) in [6.07, 6.45) is 2.37. The largest absolute Gasteiger partial charge is 0.508 e. The predicted molar refractivity (Wildman–Crippen MR) is 143 cm³/mol. The van der Waals surface area contributed by atoms with Crippen molar-refractivity contribution < 1.29 is 49.8 Å². The van der Waals surface area contributed by atoms with Crippen LogP contribution < -0.4 is 0 Å². The molecule has 0 saturated carbocycles. The molecule has 1 heterocycles. The van der Waals surface area contributed by atoms with E-state index in [9.17, 15) is 45.3 Å². The number of ketones is 2. The summed E-state index contributed by atoms with van der Waals surface area (Å²) in [7, 11) is 0. The Bertz CT molecular complexity index is 1850. The van der Waals surface area contributed by atoms with Crippen LogP contribution in [-0.2, 0) is 0 Å². The maximum Gasteiger partial charge on any atom is 0.202 e. The lowest BCUT2D eigenvalue weighted by molar-refractivity contribution is 0.103. The molecule has 0 bridgehead atoms. The van der Waals surface area contributed by atoms with E-state index < -0.39 is 51.1 Å². The third-order valence-electron chi connectivity index (χ3n) is 6.18. The van der Waals surface area contributed by atoms with Crippen molar-refractivity contribution in [1.29, 1.82) is 0 Å². The lowest BCUT2D eigenvalue weighted by Gasteiger charge is -2.09. The predicted octanol–water partition coefficient (Wildman–Crippen LogP) is 5.17. The average Bonchev–Trinajstić information content (AvgIpc) is 3.31. The van der Waals surface area contributed by atoms with Gasteiger partial charge < -0.3 is 40.2 Å². The summed E-state index contributed by atoms with van der Waals surface area (Å²) in [6.45, 7) is 0. The fraction of sp³-hybridized carbons (Fsp3) is 0. The van der Waals surface area contributed by atoms with E-state index in [1.165, 1.54) is 42.5 Å². The Labute approximate surface area is 225 Å². The Kier molecular flexibility index (Phi) is 6.28. The third-order valence-corrected chi connectivity index (χ3v) is 6.18. The number of rotatable bonds is 6. The smallest absolute Gasteiger partial charge is 0.202 e. The van der Waals surface area contributed by atoms with E-state index >= 15 is 0 Å². The summed E-state index contributed by atoms with van der Waals surface area (Å²) in [5.74, 6) is -6.12. The van der Waals surface area contributed by atoms with Crippen LogP contribution in [0, 0.1) is 0 Å². The molecule has 0 spiro atoms. The second-order valence-electron chi connectivity index (χ2n) is 8.80. The molecular formula is C30H20O10. The first-order chi connectivity index (χ1) is 19.1. The van der Waals surface area contributed by atoms with E-state index in [-0.39, 0.29) is 39.7 Å². The second kappa shape index (κ2) is 9.76. The Morgan fingerprint density at radius 1 is 0.675 bits per heavy atom.